The zero-order valence-corrected chi connectivity index (χ0v) is 16.3. The van der Waals surface area contributed by atoms with Crippen molar-refractivity contribution in [2.24, 2.45) is 0 Å². The molecule has 0 aromatic heterocycles. The molecule has 24 heavy (non-hydrogen) atoms. The van der Waals surface area contributed by atoms with Gasteiger partial charge in [0.25, 0.3) is 5.78 Å². The average molecular weight is 365 g/mol. The van der Waals surface area contributed by atoms with Crippen LogP contribution in [0.25, 0.3) is 0 Å². The molecule has 0 aromatic carbocycles. The third kappa shape index (κ3) is 8.71. The van der Waals surface area contributed by atoms with E-state index in [1.807, 2.05) is 26.8 Å². The van der Waals surface area contributed by atoms with Crippen molar-refractivity contribution in [1.29, 1.82) is 0 Å². The second-order valence-corrected chi connectivity index (χ2v) is 10.7. The van der Waals surface area contributed by atoms with Gasteiger partial charge in [0.2, 0.25) is 8.32 Å². The van der Waals surface area contributed by atoms with E-state index in [1.165, 1.54) is 6.08 Å². The molecule has 0 unspecified atom stereocenters. The predicted octanol–water partition coefficient (Wildman–Crippen LogP) is 6.55. The van der Waals surface area contributed by atoms with Crippen LogP contribution in [-0.2, 0) is 9.22 Å². The maximum Gasteiger partial charge on any atom is 0.454 e. The average Bonchev–Trinajstić information content (AvgIpc) is 2.54. The van der Waals surface area contributed by atoms with Gasteiger partial charge in [-0.05, 0) is 37.0 Å². The number of unbranched alkanes of at least 4 members (excludes halogenated alkanes) is 4. The van der Waals surface area contributed by atoms with Crippen LogP contribution in [0, 0.1) is 0 Å². The SMILES string of the molecule is CCCCCC/C=C/C(=C\C(=O)C(F)(F)F)O[Si](CC)(CC)CC. The van der Waals surface area contributed by atoms with E-state index in [9.17, 15) is 18.0 Å². The zero-order valence-electron chi connectivity index (χ0n) is 15.3. The van der Waals surface area contributed by atoms with Gasteiger partial charge in [0, 0.05) is 6.08 Å². The first-order valence-corrected chi connectivity index (χ1v) is 11.5. The molecule has 0 saturated heterocycles. The Labute approximate surface area is 145 Å². The summed E-state index contributed by atoms with van der Waals surface area (Å²) in [6.45, 7) is 8.11. The fourth-order valence-electron chi connectivity index (χ4n) is 2.43. The Morgan fingerprint density at radius 3 is 2.04 bits per heavy atom. The fraction of sp³-hybridized carbons (Fsp3) is 0.722. The number of halogens is 3. The molecule has 0 radical (unpaired) electrons. The molecular weight excluding hydrogens is 333 g/mol. The Kier molecular flexibility index (Phi) is 11.0. The summed E-state index contributed by atoms with van der Waals surface area (Å²) in [5.41, 5.74) is 0. The van der Waals surface area contributed by atoms with Crippen LogP contribution in [0.2, 0.25) is 18.1 Å². The van der Waals surface area contributed by atoms with Crippen LogP contribution in [0.5, 0.6) is 0 Å². The van der Waals surface area contributed by atoms with Gasteiger partial charge in [0.05, 0.1) is 0 Å². The molecule has 0 heterocycles. The molecule has 0 saturated carbocycles. The molecule has 0 rings (SSSR count). The van der Waals surface area contributed by atoms with E-state index in [4.69, 9.17) is 4.43 Å². The van der Waals surface area contributed by atoms with Gasteiger partial charge in [-0.3, -0.25) is 4.79 Å². The number of carbonyl (C=O) groups is 1. The van der Waals surface area contributed by atoms with Gasteiger partial charge in [0.1, 0.15) is 5.76 Å². The van der Waals surface area contributed by atoms with E-state index < -0.39 is 20.3 Å². The molecule has 0 amide bonds. The summed E-state index contributed by atoms with van der Waals surface area (Å²) in [7, 11) is -2.13. The fourth-order valence-corrected chi connectivity index (χ4v) is 4.99. The molecule has 0 bridgehead atoms. The highest BCUT2D eigenvalue weighted by molar-refractivity contribution is 6.73. The Morgan fingerprint density at radius 1 is 1.00 bits per heavy atom. The largest absolute Gasteiger partial charge is 0.543 e. The van der Waals surface area contributed by atoms with E-state index >= 15 is 0 Å². The highest BCUT2D eigenvalue weighted by Gasteiger charge is 2.38. The standard InChI is InChI=1S/C18H31F3O2Si/c1-5-9-10-11-12-13-14-16(15-17(22)18(19,20)21)23-24(6-2,7-3)8-4/h13-15H,5-12H2,1-4H3/b14-13+,16-15+. The van der Waals surface area contributed by atoms with Crippen LogP contribution >= 0.6 is 0 Å². The lowest BCUT2D eigenvalue weighted by Crippen LogP contribution is -2.35. The summed E-state index contributed by atoms with van der Waals surface area (Å²) in [5, 5.41) is 0. The van der Waals surface area contributed by atoms with Crippen LogP contribution in [0.3, 0.4) is 0 Å². The molecule has 2 nitrogen and oxygen atoms in total. The Hall–Kier alpha value is -1.04. The van der Waals surface area contributed by atoms with E-state index in [0.29, 0.717) is 6.08 Å². The maximum atomic E-state index is 12.6. The van der Waals surface area contributed by atoms with Crippen LogP contribution in [-0.4, -0.2) is 20.3 Å². The van der Waals surface area contributed by atoms with E-state index in [-0.39, 0.29) is 5.76 Å². The minimum Gasteiger partial charge on any atom is -0.543 e. The van der Waals surface area contributed by atoms with Crippen LogP contribution in [0.1, 0.15) is 59.8 Å². The molecule has 0 aromatic rings. The molecule has 0 atom stereocenters. The van der Waals surface area contributed by atoms with Gasteiger partial charge in [-0.2, -0.15) is 13.2 Å². The van der Waals surface area contributed by atoms with Crippen LogP contribution < -0.4 is 0 Å². The molecule has 0 aliphatic heterocycles. The van der Waals surface area contributed by atoms with Gasteiger partial charge >= 0.3 is 6.18 Å². The second-order valence-electron chi connectivity index (χ2n) is 6.01. The smallest absolute Gasteiger partial charge is 0.454 e. The van der Waals surface area contributed by atoms with Crippen molar-refractivity contribution in [1.82, 2.24) is 0 Å². The first-order valence-electron chi connectivity index (χ1n) is 8.93. The lowest BCUT2D eigenvalue weighted by atomic mass is 10.1. The Balaban J connectivity index is 5.13. The number of alkyl halides is 3. The van der Waals surface area contributed by atoms with Crippen molar-refractivity contribution in [3.63, 3.8) is 0 Å². The topological polar surface area (TPSA) is 26.3 Å². The molecule has 0 fully saturated rings. The summed E-state index contributed by atoms with van der Waals surface area (Å²) in [5.74, 6) is -1.80. The number of carbonyl (C=O) groups excluding carboxylic acids is 1. The summed E-state index contributed by atoms with van der Waals surface area (Å²) in [6, 6.07) is 2.42. The first-order chi connectivity index (χ1) is 11.2. The van der Waals surface area contributed by atoms with Crippen LogP contribution in [0.4, 0.5) is 13.2 Å². The summed E-state index contributed by atoms with van der Waals surface area (Å²) in [4.78, 5) is 11.3. The highest BCUT2D eigenvalue weighted by Crippen LogP contribution is 2.26. The van der Waals surface area contributed by atoms with Crippen LogP contribution in [0.15, 0.2) is 24.0 Å². The summed E-state index contributed by atoms with van der Waals surface area (Å²) >= 11 is 0. The molecule has 6 heteroatoms. The molecular formula is C18H31F3O2Si. The normalized spacial score (nSPS) is 13.5. The molecule has 140 valence electrons. The van der Waals surface area contributed by atoms with Gasteiger partial charge in [-0.1, -0.05) is 53.0 Å². The number of ketones is 1. The van der Waals surface area contributed by atoms with Crippen molar-refractivity contribution in [3.05, 3.63) is 24.0 Å². The number of hydrogen-bond acceptors (Lipinski definition) is 2. The highest BCUT2D eigenvalue weighted by atomic mass is 28.4. The second kappa shape index (κ2) is 11.5. The molecule has 0 aliphatic carbocycles. The van der Waals surface area contributed by atoms with Gasteiger partial charge in [-0.25, -0.2) is 0 Å². The maximum absolute atomic E-state index is 12.6. The van der Waals surface area contributed by atoms with Crippen molar-refractivity contribution in [2.45, 2.75) is 84.1 Å². The minimum atomic E-state index is -4.86. The number of hydrogen-bond donors (Lipinski definition) is 0. The van der Waals surface area contributed by atoms with Crippen molar-refractivity contribution < 1.29 is 22.4 Å². The zero-order chi connectivity index (χ0) is 18.6. The molecule has 0 spiro atoms. The molecule has 0 aliphatic rings. The number of allylic oxidation sites excluding steroid dienone is 3. The lowest BCUT2D eigenvalue weighted by Gasteiger charge is -2.29. The quantitative estimate of drug-likeness (QED) is 0.129. The van der Waals surface area contributed by atoms with Crippen molar-refractivity contribution >= 4 is 14.1 Å². The summed E-state index contributed by atoms with van der Waals surface area (Å²) in [6.07, 6.45) is 4.24. The minimum absolute atomic E-state index is 0.0602. The number of rotatable bonds is 12. The molecule has 0 N–H and O–H groups in total. The van der Waals surface area contributed by atoms with Crippen molar-refractivity contribution in [3.8, 4) is 0 Å². The van der Waals surface area contributed by atoms with Gasteiger partial charge < -0.3 is 4.43 Å². The van der Waals surface area contributed by atoms with Gasteiger partial charge in [-0.15, -0.1) is 0 Å². The van der Waals surface area contributed by atoms with Crippen molar-refractivity contribution in [2.75, 3.05) is 0 Å². The third-order valence-corrected chi connectivity index (χ3v) is 8.86. The first kappa shape index (κ1) is 23.0. The van der Waals surface area contributed by atoms with E-state index in [2.05, 4.69) is 6.92 Å². The Morgan fingerprint density at radius 2 is 1.58 bits per heavy atom. The predicted molar refractivity (Wildman–Crippen MR) is 95.3 cm³/mol. The van der Waals surface area contributed by atoms with E-state index in [1.54, 1.807) is 0 Å². The monoisotopic (exact) mass is 364 g/mol. The van der Waals surface area contributed by atoms with Gasteiger partial charge in [0.15, 0.2) is 0 Å². The third-order valence-electron chi connectivity index (χ3n) is 4.33. The lowest BCUT2D eigenvalue weighted by molar-refractivity contribution is -0.165. The Bertz CT molecular complexity index is 416. The van der Waals surface area contributed by atoms with E-state index in [0.717, 1.165) is 50.2 Å². The summed E-state index contributed by atoms with van der Waals surface area (Å²) < 4.78 is 43.6.